The van der Waals surface area contributed by atoms with Gasteiger partial charge in [-0.2, -0.15) is 0 Å². The molecule has 1 aliphatic rings. The highest BCUT2D eigenvalue weighted by molar-refractivity contribution is 7.16. The van der Waals surface area contributed by atoms with E-state index in [0.29, 0.717) is 24.1 Å². The van der Waals surface area contributed by atoms with Crippen LogP contribution in [0.5, 0.6) is 5.75 Å². The molecule has 1 aromatic carbocycles. The average Bonchev–Trinajstić information content (AvgIpc) is 2.69. The van der Waals surface area contributed by atoms with E-state index in [1.807, 2.05) is 0 Å². The number of thiazole rings is 1. The monoisotopic (exact) mass is 267 g/mol. The summed E-state index contributed by atoms with van der Waals surface area (Å²) < 4.78 is 19.7. The highest BCUT2D eigenvalue weighted by Gasteiger charge is 2.36. The topological polar surface area (TPSA) is 59.4 Å². The van der Waals surface area contributed by atoms with Gasteiger partial charge in [0.2, 0.25) is 0 Å². The number of rotatable bonds is 3. The van der Waals surface area contributed by atoms with Gasteiger partial charge >= 0.3 is 5.97 Å². The summed E-state index contributed by atoms with van der Waals surface area (Å²) in [7, 11) is 0. The van der Waals surface area contributed by atoms with Crippen LogP contribution < -0.4 is 4.74 Å². The maximum atomic E-state index is 13.4. The molecule has 1 N–H and O–H groups in total. The first kappa shape index (κ1) is 11.4. The number of carboxylic acid groups (broad SMARTS) is 1. The zero-order chi connectivity index (χ0) is 12.7. The smallest absolute Gasteiger partial charge is 0.306 e. The molecule has 0 atom stereocenters. The van der Waals surface area contributed by atoms with Crippen LogP contribution >= 0.6 is 11.3 Å². The van der Waals surface area contributed by atoms with Gasteiger partial charge in [-0.1, -0.05) is 0 Å². The van der Waals surface area contributed by atoms with Crippen molar-refractivity contribution in [3.63, 3.8) is 0 Å². The minimum atomic E-state index is -0.798. The molecule has 94 valence electrons. The van der Waals surface area contributed by atoms with E-state index in [2.05, 4.69) is 4.98 Å². The molecule has 1 fully saturated rings. The Labute approximate surface area is 106 Å². The molecule has 0 unspecified atom stereocenters. The largest absolute Gasteiger partial charge is 0.488 e. The maximum Gasteiger partial charge on any atom is 0.306 e. The van der Waals surface area contributed by atoms with Gasteiger partial charge in [0, 0.05) is 6.07 Å². The minimum Gasteiger partial charge on any atom is -0.488 e. The number of benzene rings is 1. The second-order valence-electron chi connectivity index (χ2n) is 4.35. The van der Waals surface area contributed by atoms with Crippen molar-refractivity contribution in [2.45, 2.75) is 18.9 Å². The number of hydrogen-bond acceptors (Lipinski definition) is 4. The van der Waals surface area contributed by atoms with Gasteiger partial charge < -0.3 is 9.84 Å². The molecule has 0 bridgehead atoms. The third-order valence-electron chi connectivity index (χ3n) is 3.10. The molecule has 3 rings (SSSR count). The fourth-order valence-corrected chi connectivity index (χ4v) is 2.75. The molecule has 2 aromatic rings. The lowest BCUT2D eigenvalue weighted by Crippen LogP contribution is -2.38. The molecule has 1 heterocycles. The number of aliphatic carboxylic acids is 1. The van der Waals surface area contributed by atoms with E-state index >= 15 is 0 Å². The predicted octanol–water partition coefficient (Wildman–Crippen LogP) is 2.68. The average molecular weight is 267 g/mol. The summed E-state index contributed by atoms with van der Waals surface area (Å²) in [6, 6.07) is 2.72. The Morgan fingerprint density at radius 3 is 3.00 bits per heavy atom. The Kier molecular flexibility index (Phi) is 2.66. The van der Waals surface area contributed by atoms with Crippen LogP contribution in [-0.4, -0.2) is 22.2 Å². The number of halogens is 1. The molecular formula is C12H10FNO3S. The summed E-state index contributed by atoms with van der Waals surface area (Å²) in [5.74, 6) is -1.10. The third kappa shape index (κ3) is 1.92. The van der Waals surface area contributed by atoms with E-state index in [9.17, 15) is 9.18 Å². The summed E-state index contributed by atoms with van der Waals surface area (Å²) in [5.41, 5.74) is 2.28. The number of carbonyl (C=O) groups is 1. The van der Waals surface area contributed by atoms with Crippen molar-refractivity contribution in [1.82, 2.24) is 4.98 Å². The van der Waals surface area contributed by atoms with E-state index in [4.69, 9.17) is 9.84 Å². The third-order valence-corrected chi connectivity index (χ3v) is 3.88. The van der Waals surface area contributed by atoms with Crippen LogP contribution in [0, 0.1) is 11.7 Å². The van der Waals surface area contributed by atoms with Crippen LogP contribution in [0.15, 0.2) is 17.6 Å². The Balaban J connectivity index is 1.79. The van der Waals surface area contributed by atoms with Crippen molar-refractivity contribution in [3.8, 4) is 5.75 Å². The molecule has 1 saturated carbocycles. The lowest BCUT2D eigenvalue weighted by Gasteiger charge is -2.32. The fourth-order valence-electron chi connectivity index (χ4n) is 2.04. The van der Waals surface area contributed by atoms with Gasteiger partial charge in [-0.15, -0.1) is 11.3 Å². The van der Waals surface area contributed by atoms with Crippen molar-refractivity contribution >= 4 is 27.5 Å². The van der Waals surface area contributed by atoms with Crippen LogP contribution in [-0.2, 0) is 4.79 Å². The molecule has 0 radical (unpaired) electrons. The lowest BCUT2D eigenvalue weighted by molar-refractivity contribution is -0.147. The van der Waals surface area contributed by atoms with Crippen molar-refractivity contribution in [3.05, 3.63) is 23.5 Å². The van der Waals surface area contributed by atoms with Crippen molar-refractivity contribution in [1.29, 1.82) is 0 Å². The first-order valence-electron chi connectivity index (χ1n) is 5.55. The molecule has 0 spiro atoms. The van der Waals surface area contributed by atoms with Gasteiger partial charge in [0.1, 0.15) is 23.2 Å². The van der Waals surface area contributed by atoms with Crippen LogP contribution in [0.2, 0.25) is 0 Å². The number of aromatic nitrogens is 1. The highest BCUT2D eigenvalue weighted by Crippen LogP contribution is 2.35. The lowest BCUT2D eigenvalue weighted by atomic mass is 9.82. The zero-order valence-corrected chi connectivity index (χ0v) is 10.1. The van der Waals surface area contributed by atoms with Crippen LogP contribution in [0.3, 0.4) is 0 Å². The molecule has 0 aliphatic heterocycles. The summed E-state index contributed by atoms with van der Waals surface area (Å²) in [6.45, 7) is 0. The van der Waals surface area contributed by atoms with Crippen molar-refractivity contribution in [2.24, 2.45) is 5.92 Å². The van der Waals surface area contributed by atoms with E-state index in [0.717, 1.165) is 4.70 Å². The van der Waals surface area contributed by atoms with Crippen LogP contribution in [0.25, 0.3) is 10.2 Å². The Morgan fingerprint density at radius 1 is 1.50 bits per heavy atom. The Morgan fingerprint density at radius 2 is 2.28 bits per heavy atom. The highest BCUT2D eigenvalue weighted by atomic mass is 32.1. The number of fused-ring (bicyclic) bond motifs is 1. The molecule has 4 nitrogen and oxygen atoms in total. The quantitative estimate of drug-likeness (QED) is 0.928. The standard InChI is InChI=1S/C12H10FNO3S/c13-7-3-9(11-10(4-7)18-5-14-11)17-8-1-6(2-8)12(15)16/h3-6,8H,1-2H2,(H,15,16)/t6-,8-. The zero-order valence-electron chi connectivity index (χ0n) is 9.30. The first-order chi connectivity index (χ1) is 8.63. The minimum absolute atomic E-state index is 0.155. The molecule has 18 heavy (non-hydrogen) atoms. The maximum absolute atomic E-state index is 13.4. The molecular weight excluding hydrogens is 257 g/mol. The predicted molar refractivity (Wildman–Crippen MR) is 64.4 cm³/mol. The summed E-state index contributed by atoms with van der Waals surface area (Å²) in [4.78, 5) is 14.8. The second-order valence-corrected chi connectivity index (χ2v) is 5.24. The molecule has 0 saturated heterocycles. The van der Waals surface area contributed by atoms with Gasteiger partial charge in [0.25, 0.3) is 0 Å². The normalized spacial score (nSPS) is 22.7. The van der Waals surface area contributed by atoms with Crippen LogP contribution in [0.4, 0.5) is 4.39 Å². The van der Waals surface area contributed by atoms with Crippen molar-refractivity contribution in [2.75, 3.05) is 0 Å². The Bertz CT molecular complexity index is 606. The summed E-state index contributed by atoms with van der Waals surface area (Å²) in [5, 5.41) is 8.77. The molecule has 0 amide bonds. The number of hydrogen-bond donors (Lipinski definition) is 1. The number of nitrogens with zero attached hydrogens (tertiary/aromatic N) is 1. The van der Waals surface area contributed by atoms with E-state index in [1.165, 1.54) is 23.5 Å². The second kappa shape index (κ2) is 4.20. The summed E-state index contributed by atoms with van der Waals surface area (Å²) >= 11 is 1.35. The van der Waals surface area contributed by atoms with E-state index in [-0.39, 0.29) is 17.8 Å². The van der Waals surface area contributed by atoms with E-state index < -0.39 is 5.97 Å². The molecule has 1 aliphatic carbocycles. The SMILES string of the molecule is O=C(O)[C@H]1C[C@H](Oc2cc(F)cc3scnc23)C1. The molecule has 1 aromatic heterocycles. The first-order valence-corrected chi connectivity index (χ1v) is 6.43. The Hall–Kier alpha value is -1.69. The van der Waals surface area contributed by atoms with E-state index in [1.54, 1.807) is 5.51 Å². The molecule has 6 heteroatoms. The number of carboxylic acids is 1. The van der Waals surface area contributed by atoms with Gasteiger partial charge in [0.05, 0.1) is 16.1 Å². The van der Waals surface area contributed by atoms with Crippen LogP contribution in [0.1, 0.15) is 12.8 Å². The van der Waals surface area contributed by atoms with Gasteiger partial charge in [-0.3, -0.25) is 4.79 Å². The van der Waals surface area contributed by atoms with Gasteiger partial charge in [-0.25, -0.2) is 9.37 Å². The number of ether oxygens (including phenoxy) is 1. The van der Waals surface area contributed by atoms with Crippen molar-refractivity contribution < 1.29 is 19.0 Å². The van der Waals surface area contributed by atoms with Gasteiger partial charge in [-0.05, 0) is 18.9 Å². The van der Waals surface area contributed by atoms with Gasteiger partial charge in [0.15, 0.2) is 0 Å². The fraction of sp³-hybridized carbons (Fsp3) is 0.333. The summed E-state index contributed by atoms with van der Waals surface area (Å²) in [6.07, 6.45) is 0.785.